The molecule has 0 bridgehead atoms. The molecule has 128 valence electrons. The zero-order valence-electron chi connectivity index (χ0n) is 14.1. The van der Waals surface area contributed by atoms with Gasteiger partial charge in [-0.05, 0) is 32.6 Å². The van der Waals surface area contributed by atoms with Gasteiger partial charge in [0.1, 0.15) is 16.8 Å². The summed E-state index contributed by atoms with van der Waals surface area (Å²) in [6, 6.07) is 0. The van der Waals surface area contributed by atoms with Gasteiger partial charge in [-0.3, -0.25) is 0 Å². The molecule has 3 heterocycles. The van der Waals surface area contributed by atoms with Crippen molar-refractivity contribution < 1.29 is 4.52 Å². The van der Waals surface area contributed by atoms with Gasteiger partial charge >= 0.3 is 0 Å². The van der Waals surface area contributed by atoms with E-state index in [4.69, 9.17) is 16.1 Å². The van der Waals surface area contributed by atoms with Crippen LogP contribution in [0.5, 0.6) is 0 Å². The molecule has 2 aromatic heterocycles. The van der Waals surface area contributed by atoms with Gasteiger partial charge in [-0.25, -0.2) is 9.97 Å². The molecule has 1 saturated carbocycles. The van der Waals surface area contributed by atoms with Crippen LogP contribution >= 0.6 is 11.6 Å². The van der Waals surface area contributed by atoms with E-state index in [9.17, 15) is 0 Å². The van der Waals surface area contributed by atoms with E-state index in [0.717, 1.165) is 61.3 Å². The zero-order valence-corrected chi connectivity index (χ0v) is 14.9. The molecule has 0 amide bonds. The molecular weight excluding hydrogens is 326 g/mol. The summed E-state index contributed by atoms with van der Waals surface area (Å²) >= 11 is 6.27. The maximum atomic E-state index is 6.27. The predicted octanol–water partition coefficient (Wildman–Crippen LogP) is 3.65. The van der Waals surface area contributed by atoms with Crippen molar-refractivity contribution in [3.63, 3.8) is 0 Å². The lowest BCUT2D eigenvalue weighted by atomic mass is 9.96. The SMILES string of the molecule is CCc1nc(Cl)c(C)c(N2CCC(c3noc(C4CC4)n3)CC2)n1. The molecule has 1 aliphatic carbocycles. The zero-order chi connectivity index (χ0) is 16.7. The number of piperidine rings is 1. The van der Waals surface area contributed by atoms with E-state index < -0.39 is 0 Å². The Hall–Kier alpha value is -1.69. The number of hydrogen-bond acceptors (Lipinski definition) is 6. The summed E-state index contributed by atoms with van der Waals surface area (Å²) in [4.78, 5) is 15.9. The summed E-state index contributed by atoms with van der Waals surface area (Å²) < 4.78 is 5.41. The summed E-state index contributed by atoms with van der Waals surface area (Å²) in [5.74, 6) is 4.37. The van der Waals surface area contributed by atoms with E-state index in [1.807, 2.05) is 13.8 Å². The molecule has 2 fully saturated rings. The monoisotopic (exact) mass is 347 g/mol. The van der Waals surface area contributed by atoms with Gasteiger partial charge in [-0.2, -0.15) is 4.98 Å². The summed E-state index contributed by atoms with van der Waals surface area (Å²) in [5, 5.41) is 4.77. The number of rotatable bonds is 4. The van der Waals surface area contributed by atoms with Crippen LogP contribution in [0.3, 0.4) is 0 Å². The van der Waals surface area contributed by atoms with Crippen LogP contribution in [-0.2, 0) is 6.42 Å². The lowest BCUT2D eigenvalue weighted by Gasteiger charge is -2.32. The van der Waals surface area contributed by atoms with Gasteiger partial charge in [-0.1, -0.05) is 23.7 Å². The summed E-state index contributed by atoms with van der Waals surface area (Å²) in [6.07, 6.45) is 5.18. The largest absolute Gasteiger partial charge is 0.356 e. The van der Waals surface area contributed by atoms with Crippen LogP contribution in [0.2, 0.25) is 5.15 Å². The molecule has 1 aliphatic heterocycles. The average molecular weight is 348 g/mol. The Morgan fingerprint density at radius 2 is 1.83 bits per heavy atom. The number of aryl methyl sites for hydroxylation is 1. The maximum absolute atomic E-state index is 6.27. The maximum Gasteiger partial charge on any atom is 0.229 e. The normalized spacial score (nSPS) is 19.0. The van der Waals surface area contributed by atoms with E-state index in [1.54, 1.807) is 0 Å². The van der Waals surface area contributed by atoms with Gasteiger partial charge in [0.15, 0.2) is 5.82 Å². The van der Waals surface area contributed by atoms with Gasteiger partial charge in [0.25, 0.3) is 0 Å². The summed E-state index contributed by atoms with van der Waals surface area (Å²) in [5.41, 5.74) is 0.961. The third-order valence-corrected chi connectivity index (χ3v) is 5.33. The molecule has 24 heavy (non-hydrogen) atoms. The molecule has 2 aromatic rings. The summed E-state index contributed by atoms with van der Waals surface area (Å²) in [7, 11) is 0. The third kappa shape index (κ3) is 2.99. The first-order valence-electron chi connectivity index (χ1n) is 8.77. The van der Waals surface area contributed by atoms with E-state index >= 15 is 0 Å². The Kier molecular flexibility index (Phi) is 4.16. The van der Waals surface area contributed by atoms with Gasteiger partial charge in [0.05, 0.1) is 0 Å². The second kappa shape index (κ2) is 6.31. The fourth-order valence-corrected chi connectivity index (χ4v) is 3.43. The van der Waals surface area contributed by atoms with Crippen molar-refractivity contribution in [1.29, 1.82) is 0 Å². The van der Waals surface area contributed by atoms with Crippen LogP contribution in [0, 0.1) is 6.92 Å². The molecule has 0 spiro atoms. The molecule has 0 aromatic carbocycles. The minimum Gasteiger partial charge on any atom is -0.356 e. The van der Waals surface area contributed by atoms with Crippen LogP contribution in [0.15, 0.2) is 4.52 Å². The Balaban J connectivity index is 1.46. The molecule has 7 heteroatoms. The molecule has 4 rings (SSSR count). The van der Waals surface area contributed by atoms with Crippen molar-refractivity contribution in [3.8, 4) is 0 Å². The first-order valence-corrected chi connectivity index (χ1v) is 9.15. The molecule has 2 aliphatic rings. The number of halogens is 1. The highest BCUT2D eigenvalue weighted by molar-refractivity contribution is 6.30. The predicted molar refractivity (Wildman–Crippen MR) is 91.6 cm³/mol. The Morgan fingerprint density at radius 1 is 1.08 bits per heavy atom. The van der Waals surface area contributed by atoms with E-state index in [2.05, 4.69) is 25.0 Å². The lowest BCUT2D eigenvalue weighted by molar-refractivity contribution is 0.364. The molecule has 0 unspecified atom stereocenters. The Bertz CT molecular complexity index is 735. The van der Waals surface area contributed by atoms with Crippen LogP contribution in [0.1, 0.15) is 67.5 Å². The topological polar surface area (TPSA) is 67.9 Å². The van der Waals surface area contributed by atoms with Gasteiger partial charge in [0, 0.05) is 36.9 Å². The Morgan fingerprint density at radius 3 is 2.50 bits per heavy atom. The number of hydrogen-bond donors (Lipinski definition) is 0. The van der Waals surface area contributed by atoms with Crippen molar-refractivity contribution in [2.45, 2.75) is 57.8 Å². The molecule has 0 atom stereocenters. The van der Waals surface area contributed by atoms with Crippen molar-refractivity contribution >= 4 is 17.4 Å². The Labute approximate surface area is 146 Å². The molecule has 6 nitrogen and oxygen atoms in total. The molecule has 1 saturated heterocycles. The van der Waals surface area contributed by atoms with E-state index in [1.165, 1.54) is 12.8 Å². The summed E-state index contributed by atoms with van der Waals surface area (Å²) in [6.45, 7) is 5.89. The average Bonchev–Trinajstić information content (AvgIpc) is 3.34. The van der Waals surface area contributed by atoms with Crippen molar-refractivity contribution in [1.82, 2.24) is 20.1 Å². The smallest absolute Gasteiger partial charge is 0.229 e. The van der Waals surface area contributed by atoms with Crippen molar-refractivity contribution in [2.24, 2.45) is 0 Å². The van der Waals surface area contributed by atoms with E-state index in [-0.39, 0.29) is 0 Å². The van der Waals surface area contributed by atoms with Crippen LogP contribution in [0.25, 0.3) is 0 Å². The van der Waals surface area contributed by atoms with Gasteiger partial charge < -0.3 is 9.42 Å². The van der Waals surface area contributed by atoms with Crippen molar-refractivity contribution in [2.75, 3.05) is 18.0 Å². The highest BCUT2D eigenvalue weighted by Gasteiger charge is 2.32. The number of anilines is 1. The van der Waals surface area contributed by atoms with Gasteiger partial charge in [0.2, 0.25) is 5.89 Å². The first-order chi connectivity index (χ1) is 11.7. The quantitative estimate of drug-likeness (QED) is 0.786. The highest BCUT2D eigenvalue weighted by Crippen LogP contribution is 2.40. The third-order valence-electron chi connectivity index (χ3n) is 4.97. The van der Waals surface area contributed by atoms with Crippen LogP contribution in [-0.4, -0.2) is 33.2 Å². The van der Waals surface area contributed by atoms with Gasteiger partial charge in [-0.15, -0.1) is 0 Å². The van der Waals surface area contributed by atoms with Crippen molar-refractivity contribution in [3.05, 3.63) is 28.3 Å². The molecule has 0 radical (unpaired) electrons. The minimum atomic E-state index is 0.376. The second-order valence-corrected chi connectivity index (χ2v) is 7.12. The standard InChI is InChI=1S/C17H22ClN5O/c1-3-13-19-14(18)10(2)16(20-13)23-8-6-11(7-9-23)15-21-17(24-22-15)12-4-5-12/h11-12H,3-9H2,1-2H3. The number of aromatic nitrogens is 4. The van der Waals surface area contributed by atoms with Crippen LogP contribution < -0.4 is 4.90 Å². The fraction of sp³-hybridized carbons (Fsp3) is 0.647. The molecule has 0 N–H and O–H groups in total. The second-order valence-electron chi connectivity index (χ2n) is 6.76. The molecular formula is C17H22ClN5O. The lowest BCUT2D eigenvalue weighted by Crippen LogP contribution is -2.34. The first kappa shape index (κ1) is 15.8. The fourth-order valence-electron chi connectivity index (χ4n) is 3.25. The number of nitrogens with zero attached hydrogens (tertiary/aromatic N) is 5. The highest BCUT2D eigenvalue weighted by atomic mass is 35.5. The van der Waals surface area contributed by atoms with E-state index in [0.29, 0.717) is 17.0 Å². The van der Waals surface area contributed by atoms with Crippen LogP contribution in [0.4, 0.5) is 5.82 Å². The minimum absolute atomic E-state index is 0.376.